The van der Waals surface area contributed by atoms with E-state index in [1.165, 1.54) is 12.1 Å². The monoisotopic (exact) mass is 311 g/mol. The lowest BCUT2D eigenvalue weighted by Crippen LogP contribution is -2.37. The van der Waals surface area contributed by atoms with E-state index in [1.807, 2.05) is 6.07 Å². The number of aromatic nitrogens is 1. The third-order valence-corrected chi connectivity index (χ3v) is 1.63. The van der Waals surface area contributed by atoms with Crippen LogP contribution in [0, 0.1) is 0 Å². The third kappa shape index (κ3) is 3.41. The number of halogens is 1. The lowest BCUT2D eigenvalue weighted by molar-refractivity contribution is 0.403. The molecule has 0 unspecified atom stereocenters. The van der Waals surface area contributed by atoms with Crippen LogP contribution in [0.5, 0.6) is 0 Å². The lowest BCUT2D eigenvalue weighted by atomic mass is 10.5. The molecule has 0 radical (unpaired) electrons. The van der Waals surface area contributed by atoms with Gasteiger partial charge in [0.05, 0.1) is 7.11 Å². The van der Waals surface area contributed by atoms with Gasteiger partial charge in [-0.3, -0.25) is 0 Å². The van der Waals surface area contributed by atoms with Gasteiger partial charge in [0.2, 0.25) is 0 Å². The molecule has 4 nitrogen and oxygen atoms in total. The molecule has 0 saturated carbocycles. The third-order valence-electron chi connectivity index (χ3n) is 1.27. The fraction of sp³-hybridized carbons (Fsp3) is 0.143. The van der Waals surface area contributed by atoms with Crippen LogP contribution in [-0.4, -0.2) is 17.3 Å². The standard InChI is InChI=1S/C7H9N3OS.HI/c1-11-7(12)10(8)6-4-2-3-5-9-6;/h2-5H,8H2,1H3;1H. The molecular weight excluding hydrogens is 301 g/mol. The second-order valence-corrected chi connectivity index (χ2v) is 2.38. The maximum absolute atomic E-state index is 5.55. The van der Waals surface area contributed by atoms with Gasteiger partial charge in [-0.15, -0.1) is 24.0 Å². The summed E-state index contributed by atoms with van der Waals surface area (Å²) in [4.78, 5) is 3.98. The zero-order valence-corrected chi connectivity index (χ0v) is 10.2. The summed E-state index contributed by atoms with van der Waals surface area (Å²) >= 11 is 4.80. The summed E-state index contributed by atoms with van der Waals surface area (Å²) in [6.07, 6.45) is 1.63. The van der Waals surface area contributed by atoms with Gasteiger partial charge in [0.25, 0.3) is 5.17 Å². The largest absolute Gasteiger partial charge is 0.473 e. The van der Waals surface area contributed by atoms with Crippen LogP contribution in [0.25, 0.3) is 0 Å². The molecule has 0 saturated heterocycles. The fourth-order valence-electron chi connectivity index (χ4n) is 0.688. The van der Waals surface area contributed by atoms with Crippen molar-refractivity contribution in [1.82, 2.24) is 4.98 Å². The van der Waals surface area contributed by atoms with Gasteiger partial charge in [0.15, 0.2) is 5.82 Å². The van der Waals surface area contributed by atoms with Gasteiger partial charge < -0.3 is 4.74 Å². The first-order valence-electron chi connectivity index (χ1n) is 3.29. The highest BCUT2D eigenvalue weighted by atomic mass is 127. The summed E-state index contributed by atoms with van der Waals surface area (Å²) < 4.78 is 4.76. The van der Waals surface area contributed by atoms with E-state index in [9.17, 15) is 0 Å². The molecule has 1 aromatic heterocycles. The van der Waals surface area contributed by atoms with E-state index < -0.39 is 0 Å². The molecule has 1 aromatic rings. The van der Waals surface area contributed by atoms with Gasteiger partial charge in [0.1, 0.15) is 0 Å². The molecule has 0 spiro atoms. The van der Waals surface area contributed by atoms with Gasteiger partial charge >= 0.3 is 0 Å². The zero-order valence-electron chi connectivity index (χ0n) is 7.01. The van der Waals surface area contributed by atoms with Crippen LogP contribution in [0.3, 0.4) is 0 Å². The van der Waals surface area contributed by atoms with Crippen LogP contribution in [0.1, 0.15) is 0 Å². The molecular formula is C7H10IN3OS. The van der Waals surface area contributed by atoms with Crippen molar-refractivity contribution in [3.8, 4) is 0 Å². The van der Waals surface area contributed by atoms with Gasteiger partial charge in [-0.05, 0) is 24.4 Å². The molecule has 0 aliphatic carbocycles. The molecule has 72 valence electrons. The maximum atomic E-state index is 5.55. The Kier molecular flexibility index (Phi) is 5.84. The molecule has 0 aliphatic heterocycles. The predicted molar refractivity (Wildman–Crippen MR) is 65.9 cm³/mol. The number of hydrogen-bond donors (Lipinski definition) is 1. The molecule has 0 aliphatic rings. The van der Waals surface area contributed by atoms with Crippen molar-refractivity contribution in [2.24, 2.45) is 5.84 Å². The maximum Gasteiger partial charge on any atom is 0.279 e. The average Bonchev–Trinajstić information content (AvgIpc) is 2.17. The number of hydrazine groups is 1. The number of hydrogen-bond acceptors (Lipinski definition) is 4. The van der Waals surface area contributed by atoms with Gasteiger partial charge in [0, 0.05) is 6.20 Å². The normalized spacial score (nSPS) is 8.46. The van der Waals surface area contributed by atoms with E-state index in [4.69, 9.17) is 22.8 Å². The summed E-state index contributed by atoms with van der Waals surface area (Å²) in [6, 6.07) is 5.36. The second kappa shape index (κ2) is 6.06. The number of ether oxygens (including phenoxy) is 1. The molecule has 13 heavy (non-hydrogen) atoms. The Morgan fingerprint density at radius 3 is 2.77 bits per heavy atom. The van der Waals surface area contributed by atoms with E-state index in [2.05, 4.69) is 4.98 Å². The van der Waals surface area contributed by atoms with E-state index in [0.717, 1.165) is 0 Å². The zero-order chi connectivity index (χ0) is 8.97. The van der Waals surface area contributed by atoms with Crippen molar-refractivity contribution < 1.29 is 4.74 Å². The van der Waals surface area contributed by atoms with Crippen molar-refractivity contribution in [3.63, 3.8) is 0 Å². The predicted octanol–water partition coefficient (Wildman–Crippen LogP) is 1.31. The fourth-order valence-corrected chi connectivity index (χ4v) is 0.782. The SMILES string of the molecule is COC(=S)N(N)c1ccccn1.I. The minimum atomic E-state index is 0. The number of rotatable bonds is 1. The smallest absolute Gasteiger partial charge is 0.279 e. The minimum Gasteiger partial charge on any atom is -0.473 e. The van der Waals surface area contributed by atoms with Gasteiger partial charge in [-0.1, -0.05) is 6.07 Å². The first-order valence-corrected chi connectivity index (χ1v) is 3.70. The van der Waals surface area contributed by atoms with Crippen molar-refractivity contribution in [1.29, 1.82) is 0 Å². The average molecular weight is 311 g/mol. The van der Waals surface area contributed by atoms with Crippen LogP contribution in [0.2, 0.25) is 0 Å². The van der Waals surface area contributed by atoms with Gasteiger partial charge in [-0.2, -0.15) is 0 Å². The van der Waals surface area contributed by atoms with E-state index >= 15 is 0 Å². The summed E-state index contributed by atoms with van der Waals surface area (Å²) in [5.74, 6) is 6.11. The summed E-state index contributed by atoms with van der Waals surface area (Å²) in [5, 5.41) is 1.39. The molecule has 0 bridgehead atoms. The molecule has 0 fully saturated rings. The molecule has 2 N–H and O–H groups in total. The number of methoxy groups -OCH3 is 1. The first kappa shape index (κ1) is 12.5. The topological polar surface area (TPSA) is 51.4 Å². The molecule has 0 amide bonds. The number of nitrogens with two attached hydrogens (primary N) is 1. The molecule has 0 atom stereocenters. The Bertz CT molecular complexity index is 270. The Morgan fingerprint density at radius 1 is 1.62 bits per heavy atom. The number of nitrogens with zero attached hydrogens (tertiary/aromatic N) is 2. The highest BCUT2D eigenvalue weighted by Crippen LogP contribution is 2.05. The Hall–Kier alpha value is -0.470. The quantitative estimate of drug-likeness (QED) is 0.367. The summed E-state index contributed by atoms with van der Waals surface area (Å²) in [5.41, 5.74) is 0. The van der Waals surface area contributed by atoms with E-state index in [0.29, 0.717) is 5.82 Å². The van der Waals surface area contributed by atoms with Crippen LogP contribution in [-0.2, 0) is 4.74 Å². The highest BCUT2D eigenvalue weighted by molar-refractivity contribution is 14.0. The van der Waals surface area contributed by atoms with Crippen LogP contribution < -0.4 is 10.9 Å². The summed E-state index contributed by atoms with van der Waals surface area (Å²) in [7, 11) is 1.46. The van der Waals surface area contributed by atoms with Crippen molar-refractivity contribution >= 4 is 47.2 Å². The van der Waals surface area contributed by atoms with Crippen LogP contribution in [0.4, 0.5) is 5.82 Å². The van der Waals surface area contributed by atoms with Crippen LogP contribution in [0.15, 0.2) is 24.4 Å². The molecule has 1 heterocycles. The van der Waals surface area contributed by atoms with Crippen LogP contribution >= 0.6 is 36.2 Å². The van der Waals surface area contributed by atoms with Gasteiger partial charge in [-0.25, -0.2) is 15.8 Å². The van der Waals surface area contributed by atoms with E-state index in [-0.39, 0.29) is 29.2 Å². The molecule has 6 heteroatoms. The Morgan fingerprint density at radius 2 is 2.31 bits per heavy atom. The first-order chi connectivity index (χ1) is 5.75. The molecule has 1 rings (SSSR count). The van der Waals surface area contributed by atoms with E-state index in [1.54, 1.807) is 18.3 Å². The highest BCUT2D eigenvalue weighted by Gasteiger charge is 2.06. The second-order valence-electron chi connectivity index (χ2n) is 2.03. The number of pyridine rings is 1. The number of thiocarbonyl (C=S) groups is 1. The summed E-state index contributed by atoms with van der Waals surface area (Å²) in [6.45, 7) is 0. The van der Waals surface area contributed by atoms with Crippen molar-refractivity contribution in [3.05, 3.63) is 24.4 Å². The molecule has 0 aromatic carbocycles. The van der Waals surface area contributed by atoms with Crippen molar-refractivity contribution in [2.45, 2.75) is 0 Å². The minimum absolute atomic E-state index is 0. The Balaban J connectivity index is 0.00000144. The lowest BCUT2D eigenvalue weighted by Gasteiger charge is -2.15. The Labute approximate surface area is 99.1 Å². The van der Waals surface area contributed by atoms with Crippen molar-refractivity contribution in [2.75, 3.05) is 12.1 Å². The number of anilines is 1.